The van der Waals surface area contributed by atoms with Crippen molar-refractivity contribution >= 4 is 26.2 Å². The van der Waals surface area contributed by atoms with Gasteiger partial charge in [-0.25, -0.2) is 17.9 Å². The Morgan fingerprint density at radius 3 is 2.41 bits per heavy atom. The molecule has 0 aromatic carbocycles. The summed E-state index contributed by atoms with van der Waals surface area (Å²) in [4.78, 5) is 38.1. The van der Waals surface area contributed by atoms with Crippen molar-refractivity contribution in [1.82, 2.24) is 0 Å². The van der Waals surface area contributed by atoms with E-state index < -0.39 is 63.2 Å². The third kappa shape index (κ3) is 6.79. The Morgan fingerprint density at radius 2 is 1.95 bits per heavy atom. The highest BCUT2D eigenvalue weighted by molar-refractivity contribution is 7.86. The fraction of sp³-hybridized carbons (Fsp3) is 1.00. The first-order valence-corrected chi connectivity index (χ1v) is 10.4. The molecule has 0 aromatic rings. The molecule has 0 bridgehead atoms. The number of ether oxygens (including phenoxy) is 1. The van der Waals surface area contributed by atoms with E-state index in [4.69, 9.17) is 14.5 Å². The molecule has 1 rings (SSSR count). The van der Waals surface area contributed by atoms with Crippen molar-refractivity contribution < 1.29 is 55.4 Å². The van der Waals surface area contributed by atoms with E-state index in [9.17, 15) is 32.4 Å². The van der Waals surface area contributed by atoms with Crippen molar-refractivity contribution in [2.24, 2.45) is 0 Å². The minimum absolute atomic E-state index is 0.449. The van der Waals surface area contributed by atoms with Crippen LogP contribution in [0.2, 0.25) is 0 Å². The zero-order valence-corrected chi connectivity index (χ0v) is 13.7. The summed E-state index contributed by atoms with van der Waals surface area (Å²) >= 11 is 0. The minimum atomic E-state index is -5.40. The molecule has 1 aliphatic heterocycles. The lowest BCUT2D eigenvalue weighted by molar-refractivity contribution is -0.205. The molecule has 1 heterocycles. The number of rotatable bonds is 7. The average molecular weight is 385 g/mol. The van der Waals surface area contributed by atoms with Crippen LogP contribution >= 0.6 is 15.8 Å². The highest BCUT2D eigenvalue weighted by Crippen LogP contribution is 2.50. The standard InChI is InChI=1S/C7H16O12P2S/c1-4-6(8)7(18-21(11,12)13)5(17-4)2-3-20(9,10)19-22(14,15)16/h4-8H,2-3H2,1H3,(H,9,10)(H2,11,12,13)(H,14,15,16)/p-1. The zero-order chi connectivity index (χ0) is 17.3. The molecule has 5 atom stereocenters. The van der Waals surface area contributed by atoms with Gasteiger partial charge in [0.25, 0.3) is 18.3 Å². The molecule has 5 unspecified atom stereocenters. The van der Waals surface area contributed by atoms with Gasteiger partial charge in [0.2, 0.25) is 0 Å². The second kappa shape index (κ2) is 7.01. The summed E-state index contributed by atoms with van der Waals surface area (Å²) in [5.41, 5.74) is 0. The molecule has 4 N–H and O–H groups in total. The Bertz CT molecular complexity index is 528. The molecule has 12 nitrogen and oxygen atoms in total. The summed E-state index contributed by atoms with van der Waals surface area (Å²) in [6, 6.07) is 0. The maximum Gasteiger partial charge on any atom is 0.470 e. The summed E-state index contributed by atoms with van der Waals surface area (Å²) in [6.45, 7) is 1.37. The quantitative estimate of drug-likeness (QED) is 0.205. The van der Waals surface area contributed by atoms with Crippen LogP contribution in [0.25, 0.3) is 0 Å². The van der Waals surface area contributed by atoms with Gasteiger partial charge in [0.1, 0.15) is 18.4 Å². The average Bonchev–Trinajstić information content (AvgIpc) is 2.49. The fourth-order valence-corrected chi connectivity index (χ4v) is 4.51. The van der Waals surface area contributed by atoms with E-state index >= 15 is 0 Å². The van der Waals surface area contributed by atoms with Crippen molar-refractivity contribution in [2.45, 2.75) is 37.8 Å². The molecule has 15 heteroatoms. The molecular weight excluding hydrogens is 370 g/mol. The number of aliphatic hydroxyl groups is 1. The smallest absolute Gasteiger partial charge is 0.470 e. The molecule has 22 heavy (non-hydrogen) atoms. The first kappa shape index (κ1) is 20.3. The van der Waals surface area contributed by atoms with Crippen LogP contribution in [0.3, 0.4) is 0 Å². The Kier molecular flexibility index (Phi) is 6.47. The number of aliphatic hydroxyl groups excluding tert-OH is 1. The lowest BCUT2D eigenvalue weighted by Gasteiger charge is -2.25. The van der Waals surface area contributed by atoms with Crippen LogP contribution < -0.4 is 4.89 Å². The molecule has 0 radical (unpaired) electrons. The van der Waals surface area contributed by atoms with E-state index in [1.54, 1.807) is 0 Å². The van der Waals surface area contributed by atoms with Gasteiger partial charge < -0.3 is 29.1 Å². The van der Waals surface area contributed by atoms with Crippen molar-refractivity contribution in [3.63, 3.8) is 0 Å². The minimum Gasteiger partial charge on any atom is -0.723 e. The predicted molar refractivity (Wildman–Crippen MR) is 66.7 cm³/mol. The Morgan fingerprint density at radius 1 is 1.41 bits per heavy atom. The highest BCUT2D eigenvalue weighted by Gasteiger charge is 2.46. The first-order valence-electron chi connectivity index (χ1n) is 5.76. The monoisotopic (exact) mass is 385 g/mol. The molecule has 0 spiro atoms. The van der Waals surface area contributed by atoms with Crippen molar-refractivity contribution in [2.75, 3.05) is 6.16 Å². The molecule has 0 amide bonds. The van der Waals surface area contributed by atoms with Gasteiger partial charge in [0, 0.05) is 6.42 Å². The van der Waals surface area contributed by atoms with Crippen LogP contribution in [0.1, 0.15) is 13.3 Å². The topological polar surface area (TPSA) is 206 Å². The van der Waals surface area contributed by atoms with Gasteiger partial charge in [-0.3, -0.25) is 4.52 Å². The van der Waals surface area contributed by atoms with Gasteiger partial charge in [0.05, 0.1) is 12.2 Å². The van der Waals surface area contributed by atoms with E-state index in [-0.39, 0.29) is 0 Å². The van der Waals surface area contributed by atoms with E-state index in [1.165, 1.54) is 6.92 Å². The number of hydrogen-bond donors (Lipinski definition) is 4. The summed E-state index contributed by atoms with van der Waals surface area (Å²) in [5.74, 6) is 0. The second-order valence-electron chi connectivity index (χ2n) is 4.56. The van der Waals surface area contributed by atoms with Crippen LogP contribution in [0.4, 0.5) is 0 Å². The van der Waals surface area contributed by atoms with Crippen molar-refractivity contribution in [1.29, 1.82) is 0 Å². The van der Waals surface area contributed by atoms with E-state index in [2.05, 4.69) is 8.49 Å². The Labute approximate surface area is 126 Å². The van der Waals surface area contributed by atoms with Crippen LogP contribution in [0.5, 0.6) is 0 Å². The van der Waals surface area contributed by atoms with Crippen LogP contribution in [0, 0.1) is 0 Å². The van der Waals surface area contributed by atoms with E-state index in [0.29, 0.717) is 0 Å². The van der Waals surface area contributed by atoms with Gasteiger partial charge in [-0.05, 0) is 6.92 Å². The summed E-state index contributed by atoms with van der Waals surface area (Å²) in [7, 11) is -15.2. The van der Waals surface area contributed by atoms with Gasteiger partial charge in [-0.2, -0.15) is 0 Å². The molecule has 132 valence electrons. The van der Waals surface area contributed by atoms with Crippen molar-refractivity contribution in [3.05, 3.63) is 0 Å². The Balaban J connectivity index is 2.72. The van der Waals surface area contributed by atoms with Gasteiger partial charge in [0.15, 0.2) is 0 Å². The van der Waals surface area contributed by atoms with Crippen LogP contribution in [-0.4, -0.2) is 63.3 Å². The van der Waals surface area contributed by atoms with Gasteiger partial charge in [-0.1, -0.05) is 3.97 Å². The molecule has 1 aliphatic rings. The van der Waals surface area contributed by atoms with Crippen LogP contribution in [-0.2, 0) is 28.2 Å². The largest absolute Gasteiger partial charge is 0.723 e. The maximum atomic E-state index is 11.4. The zero-order valence-electron chi connectivity index (χ0n) is 11.1. The predicted octanol–water partition coefficient (Wildman–Crippen LogP) is -2.41. The third-order valence-corrected chi connectivity index (χ3v) is 5.74. The van der Waals surface area contributed by atoms with Crippen LogP contribution in [0.15, 0.2) is 0 Å². The SMILES string of the molecule is CC1OC(CC[P+]([O-])(O)OS(=O)(=O)[O-])C(OP(=O)(O)O)C1O. The first-order chi connectivity index (χ1) is 9.70. The molecule has 1 saturated heterocycles. The molecule has 0 aliphatic carbocycles. The molecular formula is C7H15O12P2S-. The lowest BCUT2D eigenvalue weighted by Crippen LogP contribution is -2.35. The molecule has 0 saturated carbocycles. The Hall–Kier alpha value is 0.250. The normalized spacial score (nSPS) is 32.9. The summed E-state index contributed by atoms with van der Waals surface area (Å²) in [5, 5.41) is 9.71. The van der Waals surface area contributed by atoms with Crippen molar-refractivity contribution in [3.8, 4) is 0 Å². The molecule has 0 aromatic heterocycles. The number of hydrogen-bond acceptors (Lipinski definition) is 10. The number of phosphoric acid groups is 1. The lowest BCUT2D eigenvalue weighted by atomic mass is 10.1. The molecule has 1 fully saturated rings. The highest BCUT2D eigenvalue weighted by atomic mass is 32.3. The van der Waals surface area contributed by atoms with E-state index in [1.807, 2.05) is 0 Å². The maximum absolute atomic E-state index is 11.4. The van der Waals surface area contributed by atoms with Gasteiger partial charge >= 0.3 is 7.82 Å². The fourth-order valence-electron chi connectivity index (χ4n) is 1.91. The summed E-state index contributed by atoms with van der Waals surface area (Å²) < 4.78 is 54.7. The van der Waals surface area contributed by atoms with E-state index in [0.717, 1.165) is 0 Å². The second-order valence-corrected chi connectivity index (χ2v) is 8.89. The third-order valence-electron chi connectivity index (χ3n) is 2.74. The summed E-state index contributed by atoms with van der Waals surface area (Å²) in [6.07, 6.45) is -6.33. The number of phosphoric ester groups is 1. The van der Waals surface area contributed by atoms with Gasteiger partial charge in [-0.15, -0.1) is 0 Å².